The third-order valence-electron chi connectivity index (χ3n) is 2.24. The van der Waals surface area contributed by atoms with Gasteiger partial charge in [0.1, 0.15) is 6.04 Å². The van der Waals surface area contributed by atoms with Crippen LogP contribution >= 0.6 is 34.5 Å². The van der Waals surface area contributed by atoms with E-state index in [1.54, 1.807) is 17.1 Å². The third-order valence-corrected chi connectivity index (χ3v) is 3.74. The molecule has 0 aromatic carbocycles. The van der Waals surface area contributed by atoms with Gasteiger partial charge in [-0.25, -0.2) is 0 Å². The maximum absolute atomic E-state index is 5.98. The summed E-state index contributed by atoms with van der Waals surface area (Å²) in [7, 11) is 0. The van der Waals surface area contributed by atoms with E-state index >= 15 is 0 Å². The number of nitrogens with zero attached hydrogens (tertiary/aromatic N) is 2. The van der Waals surface area contributed by atoms with Gasteiger partial charge in [0, 0.05) is 17.1 Å². The molecule has 2 heterocycles. The molecule has 2 aromatic heterocycles. The highest BCUT2D eigenvalue weighted by atomic mass is 35.5. The molecule has 2 rings (SSSR count). The molecule has 0 saturated carbocycles. The zero-order chi connectivity index (χ0) is 11.7. The highest BCUT2D eigenvalue weighted by molar-refractivity contribution is 7.16. The van der Waals surface area contributed by atoms with Crippen molar-refractivity contribution in [2.24, 2.45) is 5.73 Å². The number of hydrogen-bond donors (Lipinski definition) is 1. The zero-order valence-corrected chi connectivity index (χ0v) is 10.9. The summed E-state index contributed by atoms with van der Waals surface area (Å²) in [6.07, 6.45) is 3.37. The summed E-state index contributed by atoms with van der Waals surface area (Å²) in [6, 6.07) is 3.74. The summed E-state index contributed by atoms with van der Waals surface area (Å²) in [5.41, 5.74) is 5.98. The first-order chi connectivity index (χ1) is 7.58. The van der Waals surface area contributed by atoms with Crippen LogP contribution in [0.4, 0.5) is 0 Å². The molecule has 0 radical (unpaired) electrons. The Bertz CT molecular complexity index is 438. The van der Waals surface area contributed by atoms with Crippen molar-refractivity contribution in [1.29, 1.82) is 0 Å². The van der Waals surface area contributed by atoms with Crippen molar-refractivity contribution in [2.45, 2.75) is 19.0 Å². The van der Waals surface area contributed by atoms with Gasteiger partial charge < -0.3 is 5.73 Å². The fraction of sp³-hybridized carbons (Fsp3) is 0.300. The van der Waals surface area contributed by atoms with Crippen molar-refractivity contribution in [3.63, 3.8) is 0 Å². The quantitative estimate of drug-likeness (QED) is 0.935. The smallest absolute Gasteiger partial charge is 0.101 e. The Balaban J connectivity index is 2.38. The number of nitrogens with two attached hydrogens (primary N) is 1. The van der Waals surface area contributed by atoms with E-state index in [0.29, 0.717) is 5.02 Å². The lowest BCUT2D eigenvalue weighted by atomic mass is 10.1. The molecular formula is C10H11Cl2N3S. The lowest BCUT2D eigenvalue weighted by Gasteiger charge is -2.19. The van der Waals surface area contributed by atoms with Gasteiger partial charge in [-0.15, -0.1) is 11.3 Å². The molecule has 0 aliphatic rings. The standard InChI is InChI=1S/C10H11Cl2N3S/c1-6(13)10(8-2-3-9(12)16-8)15-5-7(11)4-14-15/h2-6,10H,13H2,1H3. The summed E-state index contributed by atoms with van der Waals surface area (Å²) < 4.78 is 2.52. The molecule has 16 heavy (non-hydrogen) atoms. The van der Waals surface area contributed by atoms with Crippen molar-refractivity contribution in [1.82, 2.24) is 9.78 Å². The minimum atomic E-state index is -0.0642. The summed E-state index contributed by atoms with van der Waals surface area (Å²) in [5.74, 6) is 0. The highest BCUT2D eigenvalue weighted by Gasteiger charge is 2.20. The molecule has 2 aromatic rings. The summed E-state index contributed by atoms with van der Waals surface area (Å²) in [5, 5.41) is 4.80. The topological polar surface area (TPSA) is 43.8 Å². The van der Waals surface area contributed by atoms with Crippen LogP contribution in [0.2, 0.25) is 9.36 Å². The van der Waals surface area contributed by atoms with E-state index in [2.05, 4.69) is 5.10 Å². The first kappa shape index (κ1) is 11.9. The number of halogens is 2. The van der Waals surface area contributed by atoms with Gasteiger partial charge in [0.15, 0.2) is 0 Å². The lowest BCUT2D eigenvalue weighted by Crippen LogP contribution is -2.29. The van der Waals surface area contributed by atoms with Gasteiger partial charge in [-0.2, -0.15) is 5.10 Å². The Hall–Kier alpha value is -0.550. The molecule has 0 saturated heterocycles. The van der Waals surface area contributed by atoms with Crippen molar-refractivity contribution in [2.75, 3.05) is 0 Å². The van der Waals surface area contributed by atoms with Gasteiger partial charge in [-0.1, -0.05) is 23.2 Å². The molecule has 0 bridgehead atoms. The Morgan fingerprint density at radius 2 is 2.19 bits per heavy atom. The molecule has 0 fully saturated rings. The van der Waals surface area contributed by atoms with Gasteiger partial charge >= 0.3 is 0 Å². The molecule has 2 N–H and O–H groups in total. The molecule has 3 nitrogen and oxygen atoms in total. The molecule has 2 atom stereocenters. The SMILES string of the molecule is CC(N)C(c1ccc(Cl)s1)n1cc(Cl)cn1. The van der Waals surface area contributed by atoms with Gasteiger partial charge in [0.05, 0.1) is 15.6 Å². The Morgan fingerprint density at radius 1 is 1.44 bits per heavy atom. The first-order valence-electron chi connectivity index (χ1n) is 4.78. The summed E-state index contributed by atoms with van der Waals surface area (Å²) >= 11 is 13.3. The molecule has 6 heteroatoms. The van der Waals surface area contributed by atoms with Crippen molar-refractivity contribution >= 4 is 34.5 Å². The van der Waals surface area contributed by atoms with Crippen LogP contribution < -0.4 is 5.73 Å². The summed E-state index contributed by atoms with van der Waals surface area (Å²) in [4.78, 5) is 1.08. The van der Waals surface area contributed by atoms with Gasteiger partial charge in [0.2, 0.25) is 0 Å². The number of rotatable bonds is 3. The molecule has 0 spiro atoms. The lowest BCUT2D eigenvalue weighted by molar-refractivity contribution is 0.460. The highest BCUT2D eigenvalue weighted by Crippen LogP contribution is 2.31. The Labute approximate surface area is 108 Å². The van der Waals surface area contributed by atoms with E-state index in [1.807, 2.05) is 19.1 Å². The fourth-order valence-electron chi connectivity index (χ4n) is 1.58. The van der Waals surface area contributed by atoms with E-state index < -0.39 is 0 Å². The maximum atomic E-state index is 5.98. The van der Waals surface area contributed by atoms with E-state index in [0.717, 1.165) is 9.21 Å². The molecule has 0 aliphatic carbocycles. The van der Waals surface area contributed by atoms with Gasteiger partial charge in [-0.05, 0) is 19.1 Å². The van der Waals surface area contributed by atoms with E-state index in [-0.39, 0.29) is 12.1 Å². The van der Waals surface area contributed by atoms with Crippen LogP contribution in [-0.2, 0) is 0 Å². The second-order valence-corrected chi connectivity index (χ2v) is 5.77. The number of thiophene rings is 1. The maximum Gasteiger partial charge on any atom is 0.101 e. The van der Waals surface area contributed by atoms with Crippen LogP contribution in [0, 0.1) is 0 Å². The molecule has 86 valence electrons. The largest absolute Gasteiger partial charge is 0.326 e. The van der Waals surface area contributed by atoms with Crippen molar-refractivity contribution in [3.05, 3.63) is 38.8 Å². The third kappa shape index (κ3) is 2.40. The average Bonchev–Trinajstić information content (AvgIpc) is 2.76. The first-order valence-corrected chi connectivity index (χ1v) is 6.35. The minimum Gasteiger partial charge on any atom is -0.326 e. The second kappa shape index (κ2) is 4.75. The fourth-order valence-corrected chi connectivity index (χ4v) is 3.00. The van der Waals surface area contributed by atoms with Crippen LogP contribution in [0.1, 0.15) is 17.8 Å². The molecule has 0 amide bonds. The number of aromatic nitrogens is 2. The van der Waals surface area contributed by atoms with E-state index in [9.17, 15) is 0 Å². The molecule has 2 unspecified atom stereocenters. The van der Waals surface area contributed by atoms with E-state index in [4.69, 9.17) is 28.9 Å². The molecular weight excluding hydrogens is 265 g/mol. The van der Waals surface area contributed by atoms with Crippen LogP contribution in [0.15, 0.2) is 24.5 Å². The Morgan fingerprint density at radius 3 is 2.62 bits per heavy atom. The van der Waals surface area contributed by atoms with Crippen LogP contribution in [0.5, 0.6) is 0 Å². The summed E-state index contributed by atoms with van der Waals surface area (Å²) in [6.45, 7) is 1.94. The molecule has 0 aliphatic heterocycles. The minimum absolute atomic E-state index is 0.0231. The predicted molar refractivity (Wildman–Crippen MR) is 68.4 cm³/mol. The van der Waals surface area contributed by atoms with Crippen molar-refractivity contribution in [3.8, 4) is 0 Å². The van der Waals surface area contributed by atoms with Gasteiger partial charge in [0.25, 0.3) is 0 Å². The number of hydrogen-bond acceptors (Lipinski definition) is 3. The van der Waals surface area contributed by atoms with Crippen LogP contribution in [-0.4, -0.2) is 15.8 Å². The predicted octanol–water partition coefficient (Wildman–Crippen LogP) is 3.19. The zero-order valence-electron chi connectivity index (χ0n) is 8.60. The van der Waals surface area contributed by atoms with E-state index in [1.165, 1.54) is 11.3 Å². The van der Waals surface area contributed by atoms with Gasteiger partial charge in [-0.3, -0.25) is 4.68 Å². The normalized spacial score (nSPS) is 15.0. The monoisotopic (exact) mass is 275 g/mol. The Kier molecular flexibility index (Phi) is 3.54. The second-order valence-electron chi connectivity index (χ2n) is 3.58. The van der Waals surface area contributed by atoms with Crippen LogP contribution in [0.3, 0.4) is 0 Å². The van der Waals surface area contributed by atoms with Crippen LogP contribution in [0.25, 0.3) is 0 Å². The van der Waals surface area contributed by atoms with Crippen molar-refractivity contribution < 1.29 is 0 Å². The average molecular weight is 276 g/mol.